The van der Waals surface area contributed by atoms with Crippen LogP contribution in [0.5, 0.6) is 0 Å². The number of carbonyl (C=O) groups is 2. The van der Waals surface area contributed by atoms with Crippen LogP contribution in [0, 0.1) is 5.92 Å². The summed E-state index contributed by atoms with van der Waals surface area (Å²) in [7, 11) is 0. The lowest BCUT2D eigenvalue weighted by molar-refractivity contribution is -0.155. The Morgan fingerprint density at radius 2 is 1.95 bits per heavy atom. The minimum absolute atomic E-state index is 0.200. The van der Waals surface area contributed by atoms with E-state index in [4.69, 9.17) is 5.11 Å². The number of carboxylic acid groups (broad SMARTS) is 1. The SMILES string of the molecule is CC(O)C1CCN(C(=O)NCC(C)(O)C(=O)O)CC1. The number of hydrogen-bond acceptors (Lipinski definition) is 4. The summed E-state index contributed by atoms with van der Waals surface area (Å²) in [6.45, 7) is 3.59. The summed E-state index contributed by atoms with van der Waals surface area (Å²) < 4.78 is 0. The molecule has 7 heteroatoms. The fourth-order valence-electron chi connectivity index (χ4n) is 2.02. The van der Waals surface area contributed by atoms with Gasteiger partial charge in [-0.05, 0) is 32.6 Å². The zero-order valence-corrected chi connectivity index (χ0v) is 11.3. The lowest BCUT2D eigenvalue weighted by atomic mass is 9.92. The number of likely N-dealkylation sites (tertiary alicyclic amines) is 1. The molecule has 1 aliphatic rings. The second-order valence-corrected chi connectivity index (χ2v) is 5.30. The number of hydrogen-bond donors (Lipinski definition) is 4. The number of nitrogens with one attached hydrogen (secondary N) is 1. The molecule has 0 spiro atoms. The highest BCUT2D eigenvalue weighted by Gasteiger charge is 2.32. The van der Waals surface area contributed by atoms with Crippen molar-refractivity contribution in [2.75, 3.05) is 19.6 Å². The molecule has 0 aromatic carbocycles. The molecule has 0 radical (unpaired) electrons. The molecule has 110 valence electrons. The van der Waals surface area contributed by atoms with E-state index in [9.17, 15) is 19.8 Å². The van der Waals surface area contributed by atoms with Crippen LogP contribution in [-0.4, -0.2) is 63.6 Å². The minimum Gasteiger partial charge on any atom is -0.479 e. The second-order valence-electron chi connectivity index (χ2n) is 5.30. The van der Waals surface area contributed by atoms with Crippen LogP contribution in [-0.2, 0) is 4.79 Å². The van der Waals surface area contributed by atoms with Crippen molar-refractivity contribution in [3.8, 4) is 0 Å². The molecule has 0 bridgehead atoms. The Morgan fingerprint density at radius 3 is 2.37 bits per heavy atom. The number of nitrogens with zero attached hydrogens (tertiary/aromatic N) is 1. The summed E-state index contributed by atoms with van der Waals surface area (Å²) in [5.41, 5.74) is -1.96. The molecule has 2 amide bonds. The van der Waals surface area contributed by atoms with E-state index in [1.165, 1.54) is 0 Å². The first-order valence-corrected chi connectivity index (χ1v) is 6.40. The Labute approximate surface area is 112 Å². The Morgan fingerprint density at radius 1 is 1.42 bits per heavy atom. The van der Waals surface area contributed by atoms with Gasteiger partial charge in [0.05, 0.1) is 12.6 Å². The molecule has 2 atom stereocenters. The van der Waals surface area contributed by atoms with Crippen LogP contribution in [0.25, 0.3) is 0 Å². The van der Waals surface area contributed by atoms with E-state index >= 15 is 0 Å². The summed E-state index contributed by atoms with van der Waals surface area (Å²) >= 11 is 0. The smallest absolute Gasteiger partial charge is 0.337 e. The zero-order valence-electron chi connectivity index (χ0n) is 11.3. The van der Waals surface area contributed by atoms with Gasteiger partial charge in [-0.2, -0.15) is 0 Å². The number of aliphatic hydroxyl groups excluding tert-OH is 1. The van der Waals surface area contributed by atoms with Gasteiger partial charge in [-0.1, -0.05) is 0 Å². The highest BCUT2D eigenvalue weighted by atomic mass is 16.4. The third-order valence-electron chi connectivity index (χ3n) is 3.55. The van der Waals surface area contributed by atoms with E-state index in [1.807, 2.05) is 0 Å². The molecule has 1 saturated heterocycles. The maximum atomic E-state index is 11.8. The van der Waals surface area contributed by atoms with Crippen LogP contribution in [0.15, 0.2) is 0 Å². The molecule has 7 nitrogen and oxygen atoms in total. The average Bonchev–Trinajstić information content (AvgIpc) is 2.36. The zero-order chi connectivity index (χ0) is 14.6. The maximum absolute atomic E-state index is 11.8. The Hall–Kier alpha value is -1.34. The van der Waals surface area contributed by atoms with E-state index in [0.717, 1.165) is 19.8 Å². The van der Waals surface area contributed by atoms with Crippen molar-refractivity contribution in [3.05, 3.63) is 0 Å². The van der Waals surface area contributed by atoms with Gasteiger partial charge in [-0.15, -0.1) is 0 Å². The van der Waals surface area contributed by atoms with Crippen molar-refractivity contribution in [1.29, 1.82) is 0 Å². The molecule has 4 N–H and O–H groups in total. The lowest BCUT2D eigenvalue weighted by Gasteiger charge is -2.33. The number of amides is 2. The fraction of sp³-hybridized carbons (Fsp3) is 0.833. The van der Waals surface area contributed by atoms with E-state index < -0.39 is 11.6 Å². The summed E-state index contributed by atoms with van der Waals surface area (Å²) in [6, 6.07) is -0.384. The number of aliphatic hydroxyl groups is 2. The van der Waals surface area contributed by atoms with E-state index in [1.54, 1.807) is 11.8 Å². The predicted octanol–water partition coefficient (Wildman–Crippen LogP) is -0.376. The van der Waals surface area contributed by atoms with Crippen molar-refractivity contribution < 1.29 is 24.9 Å². The van der Waals surface area contributed by atoms with Gasteiger partial charge in [0, 0.05) is 13.1 Å². The van der Waals surface area contributed by atoms with Crippen molar-refractivity contribution >= 4 is 12.0 Å². The number of piperidine rings is 1. The van der Waals surface area contributed by atoms with Crippen molar-refractivity contribution in [2.45, 2.75) is 38.4 Å². The van der Waals surface area contributed by atoms with E-state index in [-0.39, 0.29) is 24.6 Å². The first kappa shape index (κ1) is 15.7. The van der Waals surface area contributed by atoms with Crippen LogP contribution in [0.2, 0.25) is 0 Å². The molecule has 19 heavy (non-hydrogen) atoms. The van der Waals surface area contributed by atoms with Crippen LogP contribution in [0.1, 0.15) is 26.7 Å². The van der Waals surface area contributed by atoms with Gasteiger partial charge in [-0.25, -0.2) is 9.59 Å². The van der Waals surface area contributed by atoms with Gasteiger partial charge < -0.3 is 25.5 Å². The van der Waals surface area contributed by atoms with Crippen LogP contribution >= 0.6 is 0 Å². The number of carbonyl (C=O) groups excluding carboxylic acids is 1. The van der Waals surface area contributed by atoms with Gasteiger partial charge in [0.15, 0.2) is 5.60 Å². The average molecular weight is 274 g/mol. The molecular formula is C12H22N2O5. The first-order chi connectivity index (χ1) is 8.74. The summed E-state index contributed by atoms with van der Waals surface area (Å²) in [5, 5.41) is 30.1. The summed E-state index contributed by atoms with van der Waals surface area (Å²) in [6.07, 6.45) is 1.07. The Bertz CT molecular complexity index is 335. The molecule has 0 aromatic heterocycles. The normalized spacial score (nSPS) is 21.6. The predicted molar refractivity (Wildman–Crippen MR) is 67.6 cm³/mol. The third-order valence-corrected chi connectivity index (χ3v) is 3.55. The lowest BCUT2D eigenvalue weighted by Crippen LogP contribution is -2.51. The molecular weight excluding hydrogens is 252 g/mol. The maximum Gasteiger partial charge on any atom is 0.337 e. The molecule has 1 rings (SSSR count). The molecule has 1 heterocycles. The summed E-state index contributed by atoms with van der Waals surface area (Å²) in [4.78, 5) is 24.0. The van der Waals surface area contributed by atoms with Gasteiger partial charge in [0.2, 0.25) is 0 Å². The molecule has 0 aromatic rings. The number of aliphatic carboxylic acids is 1. The first-order valence-electron chi connectivity index (χ1n) is 6.40. The van der Waals surface area contributed by atoms with Gasteiger partial charge in [-0.3, -0.25) is 0 Å². The van der Waals surface area contributed by atoms with Gasteiger partial charge in [0.25, 0.3) is 0 Å². The molecule has 0 saturated carbocycles. The third kappa shape index (κ3) is 4.36. The molecule has 0 aliphatic carbocycles. The summed E-state index contributed by atoms with van der Waals surface area (Å²) in [5.74, 6) is -1.17. The minimum atomic E-state index is -1.96. The Balaban J connectivity index is 2.38. The quantitative estimate of drug-likeness (QED) is 0.559. The van der Waals surface area contributed by atoms with E-state index in [0.29, 0.717) is 13.1 Å². The van der Waals surface area contributed by atoms with Crippen molar-refractivity contribution in [3.63, 3.8) is 0 Å². The van der Waals surface area contributed by atoms with Crippen LogP contribution in [0.3, 0.4) is 0 Å². The van der Waals surface area contributed by atoms with Crippen LogP contribution in [0.4, 0.5) is 4.79 Å². The monoisotopic (exact) mass is 274 g/mol. The standard InChI is InChI=1S/C12H22N2O5/c1-8(15)9-3-5-14(6-4-9)11(18)13-7-12(2,19)10(16)17/h8-9,15,19H,3-7H2,1-2H3,(H,13,18)(H,16,17). The highest BCUT2D eigenvalue weighted by Crippen LogP contribution is 2.20. The topological polar surface area (TPSA) is 110 Å². The molecule has 1 fully saturated rings. The second kappa shape index (κ2) is 6.21. The Kier molecular flexibility index (Phi) is 5.13. The van der Waals surface area contributed by atoms with Crippen LogP contribution < -0.4 is 5.32 Å². The highest BCUT2D eigenvalue weighted by molar-refractivity contribution is 5.79. The molecule has 1 aliphatic heterocycles. The molecule has 2 unspecified atom stereocenters. The van der Waals surface area contributed by atoms with Gasteiger partial charge >= 0.3 is 12.0 Å². The number of rotatable bonds is 4. The fourth-order valence-corrected chi connectivity index (χ4v) is 2.02. The number of carboxylic acids is 1. The van der Waals surface area contributed by atoms with Crippen molar-refractivity contribution in [2.24, 2.45) is 5.92 Å². The number of urea groups is 1. The largest absolute Gasteiger partial charge is 0.479 e. The van der Waals surface area contributed by atoms with E-state index in [2.05, 4.69) is 5.32 Å². The van der Waals surface area contributed by atoms with Crippen molar-refractivity contribution in [1.82, 2.24) is 10.2 Å². The van der Waals surface area contributed by atoms with Gasteiger partial charge in [0.1, 0.15) is 0 Å².